The molecule has 1 saturated carbocycles. The lowest BCUT2D eigenvalue weighted by atomic mass is 9.55. The van der Waals surface area contributed by atoms with Crippen molar-refractivity contribution in [1.29, 1.82) is 0 Å². The van der Waals surface area contributed by atoms with E-state index in [1.165, 1.54) is 63.5 Å². The monoisotopic (exact) mass is 912 g/mol. The number of hydrogen-bond donors (Lipinski definition) is 2. The molecule has 12 nitrogen and oxygen atoms in total. The molecular formula is C53H70FN3O9. The number of aliphatic hydroxyl groups excluding tert-OH is 2. The van der Waals surface area contributed by atoms with Gasteiger partial charge in [-0.15, -0.1) is 6.58 Å². The van der Waals surface area contributed by atoms with Crippen LogP contribution in [0.15, 0.2) is 96.2 Å². The SMILES string of the molecule is C=CCOC12Oc3ccc(Oc4cccc([N+](=O)[O-])c4)cc3C3C(CCCCO)C(CCCCO)C=C(C(=NOC)CC1N(Cc1ccc(F)cc1)C(=O)CCCCCCCCCCC)C32. The van der Waals surface area contributed by atoms with Crippen LogP contribution in [0.1, 0.15) is 133 Å². The maximum Gasteiger partial charge on any atom is 0.273 e. The normalized spacial score (nSPS) is 22.4. The molecule has 0 spiro atoms. The van der Waals surface area contributed by atoms with Crippen molar-refractivity contribution in [1.82, 2.24) is 4.90 Å². The number of hydrogen-bond acceptors (Lipinski definition) is 10. The second-order valence-electron chi connectivity index (χ2n) is 18.0. The van der Waals surface area contributed by atoms with Gasteiger partial charge in [-0.3, -0.25) is 14.9 Å². The number of carbonyl (C=O) groups is 1. The number of oxime groups is 1. The highest BCUT2D eigenvalue weighted by molar-refractivity contribution is 6.03. The largest absolute Gasteiger partial charge is 0.459 e. The maximum absolute atomic E-state index is 15.0. The molecule has 0 saturated heterocycles. The predicted molar refractivity (Wildman–Crippen MR) is 254 cm³/mol. The van der Waals surface area contributed by atoms with Gasteiger partial charge < -0.3 is 34.2 Å². The molecule has 3 aromatic carbocycles. The fourth-order valence-corrected chi connectivity index (χ4v) is 10.5. The molecule has 358 valence electrons. The standard InChI is InChI=1S/C53H70FN3O9/c1-4-6-7-8-9-10-11-12-13-23-50(60)56(37-38-24-26-40(54)27-25-38)49-36-47(55-63-3)45-33-39(19-14-16-30-58)44(22-15-17-31-59)51-46-35-43(65-42-21-18-20-41(34-42)57(61)62)28-29-48(46)66-53(49,52(45)51)64-32-5-2/h5,18,20-21,24-29,33-35,39,44,49,51-52,58-59H,2,4,6-17,19,22-23,30-32,36-37H2,1,3H3. The summed E-state index contributed by atoms with van der Waals surface area (Å²) in [5, 5.41) is 36.3. The van der Waals surface area contributed by atoms with Gasteiger partial charge in [0.1, 0.15) is 36.2 Å². The zero-order valence-corrected chi connectivity index (χ0v) is 38.9. The van der Waals surface area contributed by atoms with Crippen molar-refractivity contribution in [3.05, 3.63) is 118 Å². The minimum absolute atomic E-state index is 0.0165. The van der Waals surface area contributed by atoms with E-state index in [1.54, 1.807) is 36.4 Å². The lowest BCUT2D eigenvalue weighted by Gasteiger charge is -2.60. The van der Waals surface area contributed by atoms with E-state index < -0.39 is 22.7 Å². The molecule has 6 rings (SSSR count). The molecule has 66 heavy (non-hydrogen) atoms. The second kappa shape index (κ2) is 25.1. The number of aliphatic hydroxyl groups is 2. The number of halogens is 1. The number of unbranched alkanes of at least 4 members (excludes halogenated alkanes) is 10. The fourth-order valence-electron chi connectivity index (χ4n) is 10.5. The summed E-state index contributed by atoms with van der Waals surface area (Å²) >= 11 is 0. The molecule has 2 N–H and O–H groups in total. The van der Waals surface area contributed by atoms with Crippen molar-refractivity contribution in [3.63, 3.8) is 0 Å². The Kier molecular flexibility index (Phi) is 19.2. The first kappa shape index (κ1) is 50.3. The summed E-state index contributed by atoms with van der Waals surface area (Å²) in [7, 11) is 1.52. The van der Waals surface area contributed by atoms with Gasteiger partial charge in [0, 0.05) is 50.1 Å². The van der Waals surface area contributed by atoms with E-state index in [9.17, 15) is 24.7 Å². The molecule has 13 heteroatoms. The first-order valence-corrected chi connectivity index (χ1v) is 24.3. The van der Waals surface area contributed by atoms with Gasteiger partial charge in [0.2, 0.25) is 11.7 Å². The van der Waals surface area contributed by atoms with E-state index in [0.717, 1.165) is 68.1 Å². The molecule has 1 heterocycles. The molecule has 1 aliphatic heterocycles. The first-order valence-electron chi connectivity index (χ1n) is 24.3. The third-order valence-electron chi connectivity index (χ3n) is 13.6. The lowest BCUT2D eigenvalue weighted by Crippen LogP contribution is -2.70. The number of allylic oxidation sites excluding steroid dienone is 1. The van der Waals surface area contributed by atoms with Crippen LogP contribution < -0.4 is 9.47 Å². The Morgan fingerprint density at radius 3 is 2.32 bits per heavy atom. The van der Waals surface area contributed by atoms with Crippen LogP contribution >= 0.6 is 0 Å². The number of nitrogens with zero attached hydrogens (tertiary/aromatic N) is 3. The summed E-state index contributed by atoms with van der Waals surface area (Å²) in [5.41, 5.74) is 3.10. The van der Waals surface area contributed by atoms with Crippen molar-refractivity contribution < 1.29 is 43.4 Å². The summed E-state index contributed by atoms with van der Waals surface area (Å²) in [6, 6.07) is 17.2. The van der Waals surface area contributed by atoms with Gasteiger partial charge in [-0.25, -0.2) is 4.39 Å². The summed E-state index contributed by atoms with van der Waals surface area (Å²) in [6.07, 6.45) is 18.9. The average Bonchev–Trinajstić information content (AvgIpc) is 3.32. The van der Waals surface area contributed by atoms with E-state index in [0.29, 0.717) is 42.2 Å². The Bertz CT molecular complexity index is 2110. The average molecular weight is 912 g/mol. The zero-order valence-electron chi connectivity index (χ0n) is 38.9. The van der Waals surface area contributed by atoms with Crippen LogP contribution in [0.3, 0.4) is 0 Å². The molecule has 6 atom stereocenters. The topological polar surface area (TPSA) is 153 Å². The predicted octanol–water partition coefficient (Wildman–Crippen LogP) is 11.7. The molecule has 0 aromatic heterocycles. The highest BCUT2D eigenvalue weighted by Crippen LogP contribution is 2.62. The molecule has 0 bridgehead atoms. The summed E-state index contributed by atoms with van der Waals surface area (Å²) in [5.74, 6) is -1.39. The Morgan fingerprint density at radius 2 is 1.64 bits per heavy atom. The van der Waals surface area contributed by atoms with Crippen molar-refractivity contribution >= 4 is 17.3 Å². The molecule has 3 aliphatic rings. The minimum atomic E-state index is -1.47. The molecule has 1 fully saturated rings. The Balaban J connectivity index is 1.49. The molecule has 6 unspecified atom stereocenters. The highest BCUT2D eigenvalue weighted by atomic mass is 19.1. The van der Waals surface area contributed by atoms with Gasteiger partial charge in [-0.05, 0) is 91.5 Å². The van der Waals surface area contributed by atoms with Crippen LogP contribution in [0.5, 0.6) is 17.2 Å². The van der Waals surface area contributed by atoms with E-state index >= 15 is 4.79 Å². The van der Waals surface area contributed by atoms with Crippen molar-refractivity contribution in [2.45, 2.75) is 140 Å². The van der Waals surface area contributed by atoms with Gasteiger partial charge in [0.15, 0.2) is 0 Å². The number of amides is 1. The molecular weight excluding hydrogens is 842 g/mol. The van der Waals surface area contributed by atoms with Crippen LogP contribution in [-0.4, -0.2) is 70.4 Å². The number of nitro groups is 1. The third kappa shape index (κ3) is 12.5. The number of fused-ring (bicyclic) bond motifs is 2. The number of ether oxygens (including phenoxy) is 3. The first-order chi connectivity index (χ1) is 32.2. The number of benzene rings is 3. The van der Waals surface area contributed by atoms with Crippen molar-refractivity contribution in [3.8, 4) is 17.2 Å². The highest BCUT2D eigenvalue weighted by Gasteiger charge is 2.65. The van der Waals surface area contributed by atoms with E-state index in [1.807, 2.05) is 17.0 Å². The lowest BCUT2D eigenvalue weighted by molar-refractivity contribution is -0.384. The quantitative estimate of drug-likeness (QED) is 0.0314. The van der Waals surface area contributed by atoms with Crippen molar-refractivity contribution in [2.24, 2.45) is 22.9 Å². The number of nitro benzene ring substituents is 1. The maximum atomic E-state index is 15.0. The van der Waals surface area contributed by atoms with Crippen LogP contribution in [0.4, 0.5) is 10.1 Å². The van der Waals surface area contributed by atoms with Crippen LogP contribution in [0, 0.1) is 33.7 Å². The number of carbonyl (C=O) groups excluding carboxylic acids is 1. The smallest absolute Gasteiger partial charge is 0.273 e. The van der Waals surface area contributed by atoms with Gasteiger partial charge in [-0.2, -0.15) is 0 Å². The number of rotatable bonds is 28. The summed E-state index contributed by atoms with van der Waals surface area (Å²) < 4.78 is 35.2. The Labute approximate surface area is 390 Å². The van der Waals surface area contributed by atoms with Crippen LogP contribution in [-0.2, 0) is 20.9 Å². The van der Waals surface area contributed by atoms with E-state index in [-0.39, 0.29) is 68.0 Å². The van der Waals surface area contributed by atoms with Gasteiger partial charge >= 0.3 is 0 Å². The zero-order chi connectivity index (χ0) is 46.9. The fraction of sp³-hybridized carbons (Fsp3) is 0.547. The van der Waals surface area contributed by atoms with Crippen molar-refractivity contribution in [2.75, 3.05) is 26.9 Å². The summed E-state index contributed by atoms with van der Waals surface area (Å²) in [6.45, 7) is 6.67. The Hall–Kier alpha value is -5.11. The van der Waals surface area contributed by atoms with Gasteiger partial charge in [-0.1, -0.05) is 107 Å². The van der Waals surface area contributed by atoms with Gasteiger partial charge in [0.25, 0.3) is 5.69 Å². The Morgan fingerprint density at radius 1 is 0.939 bits per heavy atom. The van der Waals surface area contributed by atoms with E-state index in [4.69, 9.17) is 24.2 Å². The minimum Gasteiger partial charge on any atom is -0.459 e. The molecule has 2 aliphatic carbocycles. The van der Waals surface area contributed by atoms with Crippen LogP contribution in [0.2, 0.25) is 0 Å². The number of non-ortho nitro benzene ring substituents is 1. The van der Waals surface area contributed by atoms with Gasteiger partial charge in [0.05, 0.1) is 29.2 Å². The second-order valence-corrected chi connectivity index (χ2v) is 18.0. The summed E-state index contributed by atoms with van der Waals surface area (Å²) in [4.78, 5) is 33.7. The third-order valence-corrected chi connectivity index (χ3v) is 13.6. The van der Waals surface area contributed by atoms with Crippen LogP contribution in [0.25, 0.3) is 0 Å². The van der Waals surface area contributed by atoms with E-state index in [2.05, 4.69) is 19.6 Å². The molecule has 1 amide bonds. The molecule has 0 radical (unpaired) electrons. The molecule has 3 aromatic rings.